The van der Waals surface area contributed by atoms with Gasteiger partial charge in [0.05, 0.1) is 16.8 Å². The molecule has 29 heavy (non-hydrogen) atoms. The number of carbonyl (C=O) groups is 3. The predicted molar refractivity (Wildman–Crippen MR) is 110 cm³/mol. The molecule has 2 amide bonds. The van der Waals surface area contributed by atoms with E-state index in [4.69, 9.17) is 4.74 Å². The van der Waals surface area contributed by atoms with Crippen LogP contribution in [-0.4, -0.2) is 24.6 Å². The highest BCUT2D eigenvalue weighted by Gasteiger charge is 2.37. The molecule has 3 aromatic carbocycles. The van der Waals surface area contributed by atoms with Gasteiger partial charge in [0.15, 0.2) is 5.78 Å². The molecule has 1 aliphatic heterocycles. The van der Waals surface area contributed by atoms with Crippen molar-refractivity contribution < 1.29 is 19.1 Å². The van der Waals surface area contributed by atoms with Crippen molar-refractivity contribution in [1.82, 2.24) is 0 Å². The SMILES string of the molecule is CNc1ccc(Oc2ccc(N3C(=O)c4ccc(C(C)=O)cc4C3=O)cc2)cc1. The van der Waals surface area contributed by atoms with Crippen LogP contribution < -0.4 is 15.0 Å². The van der Waals surface area contributed by atoms with Gasteiger partial charge in [-0.25, -0.2) is 4.90 Å². The minimum absolute atomic E-state index is 0.157. The van der Waals surface area contributed by atoms with Crippen LogP contribution in [0.1, 0.15) is 38.0 Å². The minimum Gasteiger partial charge on any atom is -0.457 e. The summed E-state index contributed by atoms with van der Waals surface area (Å²) in [4.78, 5) is 38.2. The Bertz CT molecular complexity index is 1120. The summed E-state index contributed by atoms with van der Waals surface area (Å²) in [5.74, 6) is 0.257. The predicted octanol–water partition coefficient (Wildman–Crippen LogP) is 4.52. The number of anilines is 2. The Morgan fingerprint density at radius 1 is 0.828 bits per heavy atom. The van der Waals surface area contributed by atoms with Crippen LogP contribution in [0.25, 0.3) is 0 Å². The Morgan fingerprint density at radius 2 is 1.41 bits per heavy atom. The lowest BCUT2D eigenvalue weighted by Gasteiger charge is -2.14. The Labute approximate surface area is 167 Å². The molecule has 0 aliphatic carbocycles. The summed E-state index contributed by atoms with van der Waals surface area (Å²) >= 11 is 0. The lowest BCUT2D eigenvalue weighted by molar-refractivity contribution is 0.0925. The molecule has 6 heteroatoms. The number of nitrogens with one attached hydrogen (secondary N) is 1. The van der Waals surface area contributed by atoms with Gasteiger partial charge in [-0.3, -0.25) is 14.4 Å². The molecule has 144 valence electrons. The first-order valence-corrected chi connectivity index (χ1v) is 9.07. The maximum absolute atomic E-state index is 12.8. The maximum atomic E-state index is 12.8. The molecule has 1 N–H and O–H groups in total. The number of ketones is 1. The Kier molecular flexibility index (Phi) is 4.60. The number of nitrogens with zero attached hydrogens (tertiary/aromatic N) is 1. The number of rotatable bonds is 5. The van der Waals surface area contributed by atoms with Gasteiger partial charge in [-0.2, -0.15) is 0 Å². The second-order valence-corrected chi connectivity index (χ2v) is 6.63. The van der Waals surface area contributed by atoms with Crippen LogP contribution in [0.4, 0.5) is 11.4 Å². The summed E-state index contributed by atoms with van der Waals surface area (Å²) in [6, 6.07) is 18.8. The second kappa shape index (κ2) is 7.24. The molecule has 1 heterocycles. The molecule has 4 rings (SSSR count). The molecular formula is C23H18N2O4. The van der Waals surface area contributed by atoms with Crippen LogP contribution >= 0.6 is 0 Å². The summed E-state index contributed by atoms with van der Waals surface area (Å²) < 4.78 is 5.80. The highest BCUT2D eigenvalue weighted by molar-refractivity contribution is 6.34. The van der Waals surface area contributed by atoms with Gasteiger partial charge in [-0.1, -0.05) is 6.07 Å². The number of ether oxygens (including phenoxy) is 1. The molecule has 0 saturated heterocycles. The van der Waals surface area contributed by atoms with Crippen molar-refractivity contribution in [3.05, 3.63) is 83.4 Å². The summed E-state index contributed by atoms with van der Waals surface area (Å²) in [7, 11) is 1.84. The molecule has 0 bridgehead atoms. The molecule has 0 spiro atoms. The Hall–Kier alpha value is -3.93. The minimum atomic E-state index is -0.440. The topological polar surface area (TPSA) is 75.7 Å². The summed E-state index contributed by atoms with van der Waals surface area (Å²) in [5.41, 5.74) is 2.36. The average molecular weight is 386 g/mol. The van der Waals surface area contributed by atoms with Gasteiger partial charge in [-0.15, -0.1) is 0 Å². The highest BCUT2D eigenvalue weighted by Crippen LogP contribution is 2.31. The Morgan fingerprint density at radius 3 is 2.00 bits per heavy atom. The zero-order valence-electron chi connectivity index (χ0n) is 15.9. The van der Waals surface area contributed by atoms with E-state index in [0.29, 0.717) is 28.3 Å². The second-order valence-electron chi connectivity index (χ2n) is 6.63. The fourth-order valence-corrected chi connectivity index (χ4v) is 3.18. The zero-order chi connectivity index (χ0) is 20.5. The monoisotopic (exact) mass is 386 g/mol. The number of hydrogen-bond acceptors (Lipinski definition) is 5. The standard InChI is InChI=1S/C23H18N2O4/c1-14(26)15-3-12-20-21(13-15)23(28)25(22(20)27)17-6-10-19(11-7-17)29-18-8-4-16(24-2)5-9-18/h3-13,24H,1-2H3. The number of fused-ring (bicyclic) bond motifs is 1. The van der Waals surface area contributed by atoms with Crippen molar-refractivity contribution in [2.45, 2.75) is 6.92 Å². The van der Waals surface area contributed by atoms with Gasteiger partial charge in [0.1, 0.15) is 11.5 Å². The van der Waals surface area contributed by atoms with E-state index in [0.717, 1.165) is 10.6 Å². The number of benzene rings is 3. The molecule has 6 nitrogen and oxygen atoms in total. The van der Waals surface area contributed by atoms with Gasteiger partial charge in [0.2, 0.25) is 0 Å². The first-order chi connectivity index (χ1) is 14.0. The Balaban J connectivity index is 1.56. The number of amides is 2. The molecule has 0 unspecified atom stereocenters. The fraction of sp³-hybridized carbons (Fsp3) is 0.0870. The van der Waals surface area contributed by atoms with Crippen molar-refractivity contribution in [2.24, 2.45) is 0 Å². The van der Waals surface area contributed by atoms with E-state index in [2.05, 4.69) is 5.32 Å². The van der Waals surface area contributed by atoms with E-state index in [-0.39, 0.29) is 11.3 Å². The van der Waals surface area contributed by atoms with Gasteiger partial charge in [-0.05, 0) is 67.6 Å². The van der Waals surface area contributed by atoms with Crippen LogP contribution in [-0.2, 0) is 0 Å². The van der Waals surface area contributed by atoms with Crippen molar-refractivity contribution in [3.63, 3.8) is 0 Å². The first kappa shape index (κ1) is 18.4. The van der Waals surface area contributed by atoms with Crippen molar-refractivity contribution in [3.8, 4) is 11.5 Å². The first-order valence-electron chi connectivity index (χ1n) is 9.07. The number of carbonyl (C=O) groups excluding carboxylic acids is 3. The van der Waals surface area contributed by atoms with Crippen LogP contribution in [0.15, 0.2) is 66.7 Å². The molecule has 3 aromatic rings. The number of Topliss-reactive ketones (excluding diaryl/α,β-unsaturated/α-hetero) is 1. The molecule has 0 saturated carbocycles. The molecule has 0 atom stereocenters. The van der Waals surface area contributed by atoms with E-state index in [1.165, 1.54) is 19.1 Å². The third kappa shape index (κ3) is 3.36. The molecule has 0 fully saturated rings. The molecular weight excluding hydrogens is 368 g/mol. The quantitative estimate of drug-likeness (QED) is 0.515. The third-order valence-corrected chi connectivity index (χ3v) is 4.77. The van der Waals surface area contributed by atoms with Crippen LogP contribution in [0.2, 0.25) is 0 Å². The van der Waals surface area contributed by atoms with Gasteiger partial charge >= 0.3 is 0 Å². The van der Waals surface area contributed by atoms with E-state index < -0.39 is 11.8 Å². The number of hydrogen-bond donors (Lipinski definition) is 1. The molecule has 0 radical (unpaired) electrons. The van der Waals surface area contributed by atoms with Gasteiger partial charge < -0.3 is 10.1 Å². The van der Waals surface area contributed by atoms with E-state index in [1.807, 2.05) is 31.3 Å². The van der Waals surface area contributed by atoms with Crippen molar-refractivity contribution >= 4 is 29.0 Å². The number of imide groups is 1. The summed E-state index contributed by atoms with van der Waals surface area (Å²) in [6.07, 6.45) is 0. The van der Waals surface area contributed by atoms with Crippen LogP contribution in [0.3, 0.4) is 0 Å². The third-order valence-electron chi connectivity index (χ3n) is 4.77. The summed E-state index contributed by atoms with van der Waals surface area (Å²) in [5, 5.41) is 3.04. The normalized spacial score (nSPS) is 12.7. The van der Waals surface area contributed by atoms with Crippen molar-refractivity contribution in [1.29, 1.82) is 0 Å². The lowest BCUT2D eigenvalue weighted by Crippen LogP contribution is -2.29. The average Bonchev–Trinajstić information content (AvgIpc) is 2.99. The van der Waals surface area contributed by atoms with E-state index >= 15 is 0 Å². The van der Waals surface area contributed by atoms with Crippen molar-refractivity contribution in [2.75, 3.05) is 17.3 Å². The smallest absolute Gasteiger partial charge is 0.266 e. The molecule has 0 aromatic heterocycles. The van der Waals surface area contributed by atoms with E-state index in [1.54, 1.807) is 30.3 Å². The highest BCUT2D eigenvalue weighted by atomic mass is 16.5. The largest absolute Gasteiger partial charge is 0.457 e. The van der Waals surface area contributed by atoms with Gasteiger partial charge in [0, 0.05) is 18.3 Å². The van der Waals surface area contributed by atoms with Gasteiger partial charge in [0.25, 0.3) is 11.8 Å². The molecule has 1 aliphatic rings. The lowest BCUT2D eigenvalue weighted by atomic mass is 10.0. The van der Waals surface area contributed by atoms with Crippen LogP contribution in [0.5, 0.6) is 11.5 Å². The maximum Gasteiger partial charge on any atom is 0.266 e. The zero-order valence-corrected chi connectivity index (χ0v) is 15.9. The fourth-order valence-electron chi connectivity index (χ4n) is 3.18. The van der Waals surface area contributed by atoms with Crippen LogP contribution in [0, 0.1) is 0 Å². The van der Waals surface area contributed by atoms with E-state index in [9.17, 15) is 14.4 Å². The summed E-state index contributed by atoms with van der Waals surface area (Å²) in [6.45, 7) is 1.42.